The second-order valence-electron chi connectivity index (χ2n) is 10.7. The average molecular weight is 538 g/mol. The Hall–Kier alpha value is -4.37. The van der Waals surface area contributed by atoms with Crippen LogP contribution in [0.2, 0.25) is 0 Å². The summed E-state index contributed by atoms with van der Waals surface area (Å²) in [4.78, 5) is 23.1. The zero-order valence-corrected chi connectivity index (χ0v) is 23.6. The monoisotopic (exact) mass is 537 g/mol. The van der Waals surface area contributed by atoms with Crippen LogP contribution in [0.25, 0.3) is 10.9 Å². The Morgan fingerprint density at radius 3 is 2.52 bits per heavy atom. The summed E-state index contributed by atoms with van der Waals surface area (Å²) >= 11 is 0. The van der Waals surface area contributed by atoms with Gasteiger partial charge in [-0.05, 0) is 82.6 Å². The Bertz CT molecular complexity index is 1640. The van der Waals surface area contributed by atoms with Crippen molar-refractivity contribution in [2.24, 2.45) is 5.92 Å². The summed E-state index contributed by atoms with van der Waals surface area (Å²) in [6.45, 7) is 9.93. The van der Waals surface area contributed by atoms with Crippen LogP contribution < -0.4 is 10.3 Å². The number of nitrogens with zero attached hydrogens (tertiary/aromatic N) is 6. The van der Waals surface area contributed by atoms with Crippen LogP contribution in [0.15, 0.2) is 71.8 Å². The quantitative estimate of drug-likeness (QED) is 0.268. The average Bonchev–Trinajstić information content (AvgIpc) is 3.37. The van der Waals surface area contributed by atoms with Crippen LogP contribution in [0.5, 0.6) is 5.75 Å². The molecule has 0 bridgehead atoms. The second-order valence-corrected chi connectivity index (χ2v) is 10.7. The highest BCUT2D eigenvalue weighted by molar-refractivity contribution is 5.82. The summed E-state index contributed by atoms with van der Waals surface area (Å²) in [5.41, 5.74) is 5.81. The number of methoxy groups -OCH3 is 1. The standard InChI is InChI=1S/C31H35N7O2/c1-20(2)29(30-34-35-36-38(30)18-23-8-10-27(40-5)11-9-23)37(17-24-7-6-12-32-16-24)19-26-15-25-14-21(3)13-22(4)28(25)33-31(26)39/h6-16,20,29H,17-19H2,1-5H3,(H,33,39)/t29-/m1/s1. The van der Waals surface area contributed by atoms with Crippen molar-refractivity contribution in [3.05, 3.63) is 111 Å². The molecule has 5 rings (SSSR count). The van der Waals surface area contributed by atoms with Gasteiger partial charge in [-0.2, -0.15) is 0 Å². The first-order chi connectivity index (χ1) is 19.3. The van der Waals surface area contributed by atoms with Crippen molar-refractivity contribution in [1.82, 2.24) is 35.1 Å². The van der Waals surface area contributed by atoms with E-state index in [0.29, 0.717) is 25.2 Å². The number of nitrogens with one attached hydrogen (secondary N) is 1. The Labute approximate surface area is 233 Å². The molecule has 2 aromatic carbocycles. The highest BCUT2D eigenvalue weighted by Gasteiger charge is 2.30. The Kier molecular flexibility index (Phi) is 8.02. The highest BCUT2D eigenvalue weighted by Crippen LogP contribution is 2.31. The van der Waals surface area contributed by atoms with Crippen LogP contribution in [0, 0.1) is 19.8 Å². The molecule has 3 heterocycles. The lowest BCUT2D eigenvalue weighted by atomic mass is 9.99. The highest BCUT2D eigenvalue weighted by atomic mass is 16.5. The molecule has 9 heteroatoms. The van der Waals surface area contributed by atoms with E-state index < -0.39 is 0 Å². The minimum atomic E-state index is -0.164. The molecular weight excluding hydrogens is 502 g/mol. The number of fused-ring (bicyclic) bond motifs is 1. The zero-order chi connectivity index (χ0) is 28.2. The number of rotatable bonds is 10. The number of ether oxygens (including phenoxy) is 1. The molecular formula is C31H35N7O2. The van der Waals surface area contributed by atoms with E-state index >= 15 is 0 Å². The third-order valence-corrected chi connectivity index (χ3v) is 7.19. The normalized spacial score (nSPS) is 12.4. The van der Waals surface area contributed by atoms with E-state index in [1.54, 1.807) is 13.3 Å². The van der Waals surface area contributed by atoms with Crippen LogP contribution in [-0.4, -0.2) is 42.2 Å². The van der Waals surface area contributed by atoms with Crippen LogP contribution in [-0.2, 0) is 19.6 Å². The van der Waals surface area contributed by atoms with Crippen molar-refractivity contribution >= 4 is 10.9 Å². The predicted molar refractivity (Wildman–Crippen MR) is 155 cm³/mol. The van der Waals surface area contributed by atoms with Gasteiger partial charge in [-0.25, -0.2) is 4.68 Å². The summed E-state index contributed by atoms with van der Waals surface area (Å²) < 4.78 is 7.15. The van der Waals surface area contributed by atoms with E-state index in [-0.39, 0.29) is 17.5 Å². The van der Waals surface area contributed by atoms with E-state index in [2.05, 4.69) is 69.4 Å². The van der Waals surface area contributed by atoms with Crippen molar-refractivity contribution in [2.45, 2.75) is 53.4 Å². The number of aromatic amines is 1. The van der Waals surface area contributed by atoms with E-state index in [0.717, 1.165) is 44.7 Å². The molecule has 40 heavy (non-hydrogen) atoms. The van der Waals surface area contributed by atoms with E-state index in [9.17, 15) is 4.79 Å². The second kappa shape index (κ2) is 11.8. The van der Waals surface area contributed by atoms with Gasteiger partial charge >= 0.3 is 0 Å². The smallest absolute Gasteiger partial charge is 0.252 e. The van der Waals surface area contributed by atoms with Gasteiger partial charge in [0.15, 0.2) is 5.82 Å². The number of benzene rings is 2. The van der Waals surface area contributed by atoms with Gasteiger partial charge in [0.1, 0.15) is 5.75 Å². The first-order valence-corrected chi connectivity index (χ1v) is 13.5. The molecule has 0 radical (unpaired) electrons. The van der Waals surface area contributed by atoms with Gasteiger partial charge < -0.3 is 9.72 Å². The number of aryl methyl sites for hydroxylation is 2. The van der Waals surface area contributed by atoms with E-state index in [1.165, 1.54) is 0 Å². The fraction of sp³-hybridized carbons (Fsp3) is 0.323. The van der Waals surface area contributed by atoms with Crippen molar-refractivity contribution in [1.29, 1.82) is 0 Å². The lowest BCUT2D eigenvalue weighted by Crippen LogP contribution is -2.35. The zero-order valence-electron chi connectivity index (χ0n) is 23.6. The van der Waals surface area contributed by atoms with Crippen LogP contribution in [0.3, 0.4) is 0 Å². The van der Waals surface area contributed by atoms with Gasteiger partial charge in [-0.1, -0.05) is 43.7 Å². The first-order valence-electron chi connectivity index (χ1n) is 13.5. The van der Waals surface area contributed by atoms with Gasteiger partial charge in [-0.3, -0.25) is 14.7 Å². The molecule has 3 aromatic heterocycles. The largest absolute Gasteiger partial charge is 0.497 e. The molecule has 9 nitrogen and oxygen atoms in total. The van der Waals surface area contributed by atoms with Crippen LogP contribution in [0.1, 0.15) is 53.5 Å². The maximum absolute atomic E-state index is 13.3. The van der Waals surface area contributed by atoms with Gasteiger partial charge in [0.2, 0.25) is 0 Å². The Balaban J connectivity index is 1.54. The van der Waals surface area contributed by atoms with Crippen LogP contribution >= 0.6 is 0 Å². The predicted octanol–water partition coefficient (Wildman–Crippen LogP) is 4.98. The number of H-pyrrole nitrogens is 1. The summed E-state index contributed by atoms with van der Waals surface area (Å²) in [6, 6.07) is 17.9. The number of pyridine rings is 2. The van der Waals surface area contributed by atoms with Gasteiger partial charge in [0.05, 0.1) is 25.2 Å². The molecule has 206 valence electrons. The minimum Gasteiger partial charge on any atom is -0.497 e. The minimum absolute atomic E-state index is 0.0871. The lowest BCUT2D eigenvalue weighted by molar-refractivity contribution is 0.126. The molecule has 0 saturated carbocycles. The molecule has 0 saturated heterocycles. The summed E-state index contributed by atoms with van der Waals surface area (Å²) in [5, 5.41) is 13.9. The SMILES string of the molecule is COc1ccc(Cn2nnnc2[C@@H](C(C)C)N(Cc2cccnc2)Cc2cc3cc(C)cc(C)c3[nH]c2=O)cc1. The van der Waals surface area contributed by atoms with Crippen molar-refractivity contribution < 1.29 is 4.74 Å². The molecule has 0 unspecified atom stereocenters. The maximum Gasteiger partial charge on any atom is 0.252 e. The fourth-order valence-electron chi connectivity index (χ4n) is 5.37. The topological polar surface area (TPSA) is 102 Å². The third kappa shape index (κ3) is 5.94. The van der Waals surface area contributed by atoms with Gasteiger partial charge in [0.25, 0.3) is 5.56 Å². The molecule has 0 aliphatic rings. The summed E-state index contributed by atoms with van der Waals surface area (Å²) in [7, 11) is 1.65. The van der Waals surface area contributed by atoms with Crippen molar-refractivity contribution in [2.75, 3.05) is 7.11 Å². The maximum atomic E-state index is 13.3. The molecule has 1 atom stereocenters. The molecule has 0 fully saturated rings. The van der Waals surface area contributed by atoms with Gasteiger partial charge in [0, 0.05) is 31.0 Å². The van der Waals surface area contributed by atoms with Crippen molar-refractivity contribution in [3.63, 3.8) is 0 Å². The lowest BCUT2D eigenvalue weighted by Gasteiger charge is -2.33. The van der Waals surface area contributed by atoms with Crippen molar-refractivity contribution in [3.8, 4) is 5.75 Å². The molecule has 1 N–H and O–H groups in total. The van der Waals surface area contributed by atoms with Gasteiger partial charge in [-0.15, -0.1) is 5.10 Å². The molecule has 0 aliphatic carbocycles. The first kappa shape index (κ1) is 27.2. The number of hydrogen-bond donors (Lipinski definition) is 1. The number of aromatic nitrogens is 6. The molecule has 0 amide bonds. The summed E-state index contributed by atoms with van der Waals surface area (Å²) in [6.07, 6.45) is 3.63. The van der Waals surface area contributed by atoms with E-state index in [1.807, 2.05) is 54.2 Å². The van der Waals surface area contributed by atoms with Crippen LogP contribution in [0.4, 0.5) is 0 Å². The Morgan fingerprint density at radius 1 is 1.02 bits per heavy atom. The third-order valence-electron chi connectivity index (χ3n) is 7.19. The molecule has 0 aliphatic heterocycles. The number of tetrazole rings is 1. The Morgan fingerprint density at radius 2 is 1.82 bits per heavy atom. The summed E-state index contributed by atoms with van der Waals surface area (Å²) in [5.74, 6) is 1.70. The fourth-order valence-corrected chi connectivity index (χ4v) is 5.37. The molecule has 5 aromatic rings. The number of hydrogen-bond acceptors (Lipinski definition) is 7. The van der Waals surface area contributed by atoms with E-state index in [4.69, 9.17) is 4.74 Å². The molecule has 0 spiro atoms.